The smallest absolute Gasteiger partial charge is 0.264 e. The summed E-state index contributed by atoms with van der Waals surface area (Å²) in [5.41, 5.74) is 0.755. The quantitative estimate of drug-likeness (QED) is 0.418. The second-order valence-electron chi connectivity index (χ2n) is 8.73. The zero-order valence-electron chi connectivity index (χ0n) is 21.3. The Hall–Kier alpha value is -3.83. The summed E-state index contributed by atoms with van der Waals surface area (Å²) in [7, 11) is -2.90. The Morgan fingerprint density at radius 3 is 2.28 bits per heavy atom. The molecule has 0 radical (unpaired) electrons. The van der Waals surface area contributed by atoms with Gasteiger partial charge in [0.05, 0.1) is 10.6 Å². The lowest BCUT2D eigenvalue weighted by atomic mass is 10.1. The van der Waals surface area contributed by atoms with E-state index in [1.807, 2.05) is 0 Å². The molecule has 1 atom stereocenters. The lowest BCUT2D eigenvalue weighted by Crippen LogP contribution is -2.50. The normalized spacial score (nSPS) is 13.3. The lowest BCUT2D eigenvalue weighted by molar-refractivity contribution is -0.139. The molecule has 2 amide bonds. The zero-order valence-corrected chi connectivity index (χ0v) is 22.8. The molecule has 4 rings (SSSR count). The molecule has 1 aliphatic heterocycles. The predicted octanol–water partition coefficient (Wildman–Crippen LogP) is 3.61. The fourth-order valence-electron chi connectivity index (χ4n) is 4.03. The van der Waals surface area contributed by atoms with Crippen LogP contribution in [0.1, 0.15) is 12.5 Å². The van der Waals surface area contributed by atoms with Gasteiger partial charge in [0.25, 0.3) is 10.0 Å². The standard InChI is InChI=1S/C27H27ClFN3O6S/c1-18(27(34)30-2)31(16-19-3-5-20(28)6-4-19)26(33)17-32(22-9-7-21(29)8-10-22)39(35,36)23-11-12-24-25(15-23)38-14-13-37-24/h3-12,15,18H,13-14,16-17H2,1-2H3,(H,30,34)/t18-/m0/s1. The molecule has 0 aromatic heterocycles. The monoisotopic (exact) mass is 575 g/mol. The van der Waals surface area contributed by atoms with E-state index in [-0.39, 0.29) is 29.5 Å². The van der Waals surface area contributed by atoms with Gasteiger partial charge in [-0.2, -0.15) is 0 Å². The average Bonchev–Trinajstić information content (AvgIpc) is 2.94. The number of halogens is 2. The first-order chi connectivity index (χ1) is 18.6. The van der Waals surface area contributed by atoms with Gasteiger partial charge in [0.1, 0.15) is 31.6 Å². The minimum Gasteiger partial charge on any atom is -0.486 e. The molecule has 0 unspecified atom stereocenters. The number of amides is 2. The van der Waals surface area contributed by atoms with Gasteiger partial charge in [-0.3, -0.25) is 13.9 Å². The first-order valence-electron chi connectivity index (χ1n) is 12.0. The Morgan fingerprint density at radius 2 is 1.64 bits per heavy atom. The molecule has 3 aromatic rings. The molecule has 9 nitrogen and oxygen atoms in total. The number of ether oxygens (including phenoxy) is 2. The number of hydrogen-bond acceptors (Lipinski definition) is 6. The Kier molecular flexibility index (Phi) is 8.61. The third kappa shape index (κ3) is 6.43. The summed E-state index contributed by atoms with van der Waals surface area (Å²) < 4.78 is 53.4. The highest BCUT2D eigenvalue weighted by Crippen LogP contribution is 2.34. The molecular weight excluding hydrogens is 549 g/mol. The summed E-state index contributed by atoms with van der Waals surface area (Å²) >= 11 is 5.99. The molecule has 1 heterocycles. The fraction of sp³-hybridized carbons (Fsp3) is 0.259. The molecule has 206 valence electrons. The molecule has 3 aromatic carbocycles. The number of rotatable bonds is 9. The number of fused-ring (bicyclic) bond motifs is 1. The van der Waals surface area contributed by atoms with Gasteiger partial charge in [-0.15, -0.1) is 0 Å². The van der Waals surface area contributed by atoms with Gasteiger partial charge >= 0.3 is 0 Å². The number of benzene rings is 3. The number of nitrogens with zero attached hydrogens (tertiary/aromatic N) is 2. The van der Waals surface area contributed by atoms with Gasteiger partial charge in [0.2, 0.25) is 11.8 Å². The largest absolute Gasteiger partial charge is 0.486 e. The topological polar surface area (TPSA) is 105 Å². The van der Waals surface area contributed by atoms with Crippen LogP contribution in [0.25, 0.3) is 0 Å². The van der Waals surface area contributed by atoms with E-state index in [9.17, 15) is 22.4 Å². The first-order valence-corrected chi connectivity index (χ1v) is 13.9. The third-order valence-corrected chi connectivity index (χ3v) is 8.20. The van der Waals surface area contributed by atoms with Crippen molar-refractivity contribution in [2.75, 3.05) is 31.1 Å². The summed E-state index contributed by atoms with van der Waals surface area (Å²) in [6.07, 6.45) is 0. The predicted molar refractivity (Wildman–Crippen MR) is 144 cm³/mol. The van der Waals surface area contributed by atoms with Crippen LogP contribution < -0.4 is 19.1 Å². The zero-order chi connectivity index (χ0) is 28.2. The maximum Gasteiger partial charge on any atom is 0.264 e. The van der Waals surface area contributed by atoms with Crippen LogP contribution in [-0.4, -0.2) is 58.0 Å². The van der Waals surface area contributed by atoms with Crippen molar-refractivity contribution in [3.05, 3.63) is 83.1 Å². The van der Waals surface area contributed by atoms with Crippen LogP contribution in [-0.2, 0) is 26.2 Å². The van der Waals surface area contributed by atoms with Crippen LogP contribution in [0.15, 0.2) is 71.6 Å². The highest BCUT2D eigenvalue weighted by atomic mass is 35.5. The van der Waals surface area contributed by atoms with Crippen LogP contribution in [0.5, 0.6) is 11.5 Å². The molecule has 0 saturated heterocycles. The average molecular weight is 576 g/mol. The van der Waals surface area contributed by atoms with Crippen LogP contribution in [0, 0.1) is 5.82 Å². The minimum atomic E-state index is -4.35. The molecule has 1 aliphatic rings. The van der Waals surface area contributed by atoms with Gasteiger partial charge in [0, 0.05) is 24.7 Å². The van der Waals surface area contributed by atoms with Crippen molar-refractivity contribution in [2.45, 2.75) is 24.4 Å². The van der Waals surface area contributed by atoms with E-state index >= 15 is 0 Å². The Bertz CT molecular complexity index is 1450. The Morgan fingerprint density at radius 1 is 1.00 bits per heavy atom. The Labute approximate surface area is 231 Å². The van der Waals surface area contributed by atoms with Crippen molar-refractivity contribution in [3.63, 3.8) is 0 Å². The van der Waals surface area contributed by atoms with Crippen LogP contribution in [0.4, 0.5) is 10.1 Å². The van der Waals surface area contributed by atoms with Gasteiger partial charge in [-0.1, -0.05) is 23.7 Å². The Balaban J connectivity index is 1.72. The molecule has 0 fully saturated rings. The van der Waals surface area contributed by atoms with Crippen molar-refractivity contribution in [1.29, 1.82) is 0 Å². The van der Waals surface area contributed by atoms with E-state index in [1.165, 1.54) is 42.3 Å². The molecular formula is C27H27ClFN3O6S. The maximum atomic E-state index is 13.9. The van der Waals surface area contributed by atoms with E-state index in [0.717, 1.165) is 16.4 Å². The SMILES string of the molecule is CNC(=O)[C@H](C)N(Cc1ccc(Cl)cc1)C(=O)CN(c1ccc(F)cc1)S(=O)(=O)c1ccc2c(c1)OCCO2. The highest BCUT2D eigenvalue weighted by molar-refractivity contribution is 7.92. The second kappa shape index (κ2) is 11.9. The number of carbonyl (C=O) groups is 2. The van der Waals surface area contributed by atoms with Gasteiger partial charge < -0.3 is 19.7 Å². The minimum absolute atomic E-state index is 0.0198. The summed E-state index contributed by atoms with van der Waals surface area (Å²) in [5, 5.41) is 3.02. The van der Waals surface area contributed by atoms with Crippen molar-refractivity contribution < 1.29 is 31.9 Å². The molecule has 0 aliphatic carbocycles. The van der Waals surface area contributed by atoms with Crippen molar-refractivity contribution in [2.24, 2.45) is 0 Å². The second-order valence-corrected chi connectivity index (χ2v) is 11.0. The molecule has 1 N–H and O–H groups in total. The van der Waals surface area contributed by atoms with E-state index in [1.54, 1.807) is 31.2 Å². The summed E-state index contributed by atoms with van der Waals surface area (Å²) in [5.74, 6) is -0.991. The van der Waals surface area contributed by atoms with Gasteiger partial charge in [-0.25, -0.2) is 12.8 Å². The van der Waals surface area contributed by atoms with E-state index < -0.39 is 40.2 Å². The molecule has 0 saturated carbocycles. The number of likely N-dealkylation sites (N-methyl/N-ethyl adjacent to an activating group) is 1. The van der Waals surface area contributed by atoms with Crippen LogP contribution in [0.3, 0.4) is 0 Å². The maximum absolute atomic E-state index is 13.9. The summed E-state index contributed by atoms with van der Waals surface area (Å²) in [4.78, 5) is 27.4. The van der Waals surface area contributed by atoms with Gasteiger partial charge in [0.15, 0.2) is 11.5 Å². The summed E-state index contributed by atoms with van der Waals surface area (Å²) in [6, 6.07) is 14.7. The number of hydrogen-bond donors (Lipinski definition) is 1. The highest BCUT2D eigenvalue weighted by Gasteiger charge is 2.33. The third-order valence-electron chi connectivity index (χ3n) is 6.17. The van der Waals surface area contributed by atoms with Crippen molar-refractivity contribution in [3.8, 4) is 11.5 Å². The van der Waals surface area contributed by atoms with E-state index in [4.69, 9.17) is 21.1 Å². The summed E-state index contributed by atoms with van der Waals surface area (Å²) in [6.45, 7) is 1.50. The van der Waals surface area contributed by atoms with Crippen molar-refractivity contribution >= 4 is 39.1 Å². The molecule has 0 bridgehead atoms. The molecule has 39 heavy (non-hydrogen) atoms. The van der Waals surface area contributed by atoms with E-state index in [2.05, 4.69) is 5.32 Å². The van der Waals surface area contributed by atoms with E-state index in [0.29, 0.717) is 22.9 Å². The number of nitrogens with one attached hydrogen (secondary N) is 1. The molecule has 12 heteroatoms. The number of sulfonamides is 1. The number of carbonyl (C=O) groups excluding carboxylic acids is 2. The first kappa shape index (κ1) is 28.2. The van der Waals surface area contributed by atoms with Gasteiger partial charge in [-0.05, 0) is 61.0 Å². The lowest BCUT2D eigenvalue weighted by Gasteiger charge is -2.32. The van der Waals surface area contributed by atoms with Crippen molar-refractivity contribution in [1.82, 2.24) is 10.2 Å². The molecule has 0 spiro atoms. The van der Waals surface area contributed by atoms with Crippen LogP contribution in [0.2, 0.25) is 5.02 Å². The number of anilines is 1. The fourth-order valence-corrected chi connectivity index (χ4v) is 5.58. The van der Waals surface area contributed by atoms with Crippen LogP contribution >= 0.6 is 11.6 Å².